The van der Waals surface area contributed by atoms with Crippen molar-refractivity contribution in [1.29, 1.82) is 0 Å². The maximum atomic E-state index is 11.4. The third-order valence-corrected chi connectivity index (χ3v) is 3.62. The number of amides is 2. The zero-order chi connectivity index (χ0) is 12.6. The first-order chi connectivity index (χ1) is 7.97. The average Bonchev–Trinajstić information content (AvgIpc) is 2.54. The molecule has 2 amide bonds. The van der Waals surface area contributed by atoms with Crippen LogP contribution in [0.2, 0.25) is 0 Å². The molecule has 4 heteroatoms. The summed E-state index contributed by atoms with van der Waals surface area (Å²) < 4.78 is 0. The molecule has 1 aromatic carbocycles. The smallest absolute Gasteiger partial charge is 0.282 e. The van der Waals surface area contributed by atoms with E-state index in [-0.39, 0.29) is 11.1 Å². The molecule has 1 aliphatic heterocycles. The van der Waals surface area contributed by atoms with E-state index in [1.807, 2.05) is 19.9 Å². The van der Waals surface area contributed by atoms with Crippen LogP contribution in [0.3, 0.4) is 0 Å². The number of rotatable bonds is 1. The van der Waals surface area contributed by atoms with Crippen molar-refractivity contribution in [3.05, 3.63) is 39.3 Å². The predicted molar refractivity (Wildman–Crippen MR) is 69.8 cm³/mol. The zero-order valence-electron chi connectivity index (χ0n) is 9.96. The maximum absolute atomic E-state index is 11.4. The highest BCUT2D eigenvalue weighted by molar-refractivity contribution is 8.18. The van der Waals surface area contributed by atoms with Crippen LogP contribution in [0.15, 0.2) is 17.0 Å². The molecule has 1 aromatic rings. The van der Waals surface area contributed by atoms with Crippen LogP contribution in [-0.2, 0) is 4.79 Å². The summed E-state index contributed by atoms with van der Waals surface area (Å²) in [5, 5.41) is 1.95. The molecule has 17 heavy (non-hydrogen) atoms. The number of nitrogens with one attached hydrogen (secondary N) is 1. The normalized spacial score (nSPS) is 17.7. The van der Waals surface area contributed by atoms with Gasteiger partial charge in [-0.25, -0.2) is 0 Å². The largest absolute Gasteiger partial charge is 0.290 e. The summed E-state index contributed by atoms with van der Waals surface area (Å²) in [6.45, 7) is 6.09. The SMILES string of the molecule is Cc1cc(C)c(/C=C2\SC(=O)NC2=O)cc1C. The summed E-state index contributed by atoms with van der Waals surface area (Å²) in [6, 6.07) is 4.12. The molecule has 0 atom stereocenters. The molecule has 1 fully saturated rings. The van der Waals surface area contributed by atoms with Crippen molar-refractivity contribution in [3.8, 4) is 0 Å². The molecule has 0 spiro atoms. The summed E-state index contributed by atoms with van der Waals surface area (Å²) in [7, 11) is 0. The molecule has 2 rings (SSSR count). The van der Waals surface area contributed by atoms with Crippen LogP contribution in [0.5, 0.6) is 0 Å². The van der Waals surface area contributed by atoms with Crippen LogP contribution in [0.4, 0.5) is 4.79 Å². The van der Waals surface area contributed by atoms with Crippen molar-refractivity contribution in [2.75, 3.05) is 0 Å². The van der Waals surface area contributed by atoms with Crippen molar-refractivity contribution in [1.82, 2.24) is 5.32 Å². The number of carbonyl (C=O) groups excluding carboxylic acids is 2. The first-order valence-electron chi connectivity index (χ1n) is 5.30. The first kappa shape index (κ1) is 11.9. The molecule has 0 unspecified atom stereocenters. The van der Waals surface area contributed by atoms with Gasteiger partial charge in [-0.1, -0.05) is 12.1 Å². The van der Waals surface area contributed by atoms with Crippen LogP contribution in [0.1, 0.15) is 22.3 Å². The second-order valence-electron chi connectivity index (χ2n) is 4.15. The lowest BCUT2D eigenvalue weighted by Gasteiger charge is -2.06. The number of aryl methyl sites for hydroxylation is 3. The fraction of sp³-hybridized carbons (Fsp3) is 0.231. The minimum absolute atomic E-state index is 0.303. The molecule has 0 aliphatic carbocycles. The quantitative estimate of drug-likeness (QED) is 0.776. The van der Waals surface area contributed by atoms with Crippen molar-refractivity contribution < 1.29 is 9.59 Å². The van der Waals surface area contributed by atoms with E-state index < -0.39 is 0 Å². The molecule has 0 aromatic heterocycles. The topological polar surface area (TPSA) is 46.2 Å². The second kappa shape index (κ2) is 4.37. The lowest BCUT2D eigenvalue weighted by atomic mass is 10.0. The van der Waals surface area contributed by atoms with Gasteiger partial charge in [-0.2, -0.15) is 0 Å². The van der Waals surface area contributed by atoms with Gasteiger partial charge in [0.15, 0.2) is 0 Å². The Morgan fingerprint density at radius 1 is 1.06 bits per heavy atom. The van der Waals surface area contributed by atoms with Gasteiger partial charge >= 0.3 is 0 Å². The van der Waals surface area contributed by atoms with Crippen LogP contribution in [-0.4, -0.2) is 11.1 Å². The Morgan fingerprint density at radius 2 is 1.71 bits per heavy atom. The standard InChI is InChI=1S/C13H13NO2S/c1-7-4-9(3)10(5-8(7)2)6-11-12(15)14-13(16)17-11/h4-6H,1-3H3,(H,14,15,16)/b11-6-. The van der Waals surface area contributed by atoms with Crippen molar-refractivity contribution in [2.24, 2.45) is 0 Å². The minimum atomic E-state index is -0.308. The Kier molecular flexibility index (Phi) is 3.07. The molecule has 1 aliphatic rings. The Bertz CT molecular complexity index is 547. The highest BCUT2D eigenvalue weighted by atomic mass is 32.2. The molecule has 88 valence electrons. The minimum Gasteiger partial charge on any atom is -0.282 e. The van der Waals surface area contributed by atoms with Crippen molar-refractivity contribution in [2.45, 2.75) is 20.8 Å². The van der Waals surface area contributed by atoms with E-state index in [4.69, 9.17) is 0 Å². The van der Waals surface area contributed by atoms with Crippen LogP contribution in [0.25, 0.3) is 6.08 Å². The van der Waals surface area contributed by atoms with Gasteiger partial charge in [-0.3, -0.25) is 14.9 Å². The Balaban J connectivity index is 2.42. The van der Waals surface area contributed by atoms with Crippen molar-refractivity contribution in [3.63, 3.8) is 0 Å². The number of carbonyl (C=O) groups is 2. The van der Waals surface area contributed by atoms with E-state index in [2.05, 4.69) is 18.3 Å². The van der Waals surface area contributed by atoms with Gasteiger partial charge < -0.3 is 0 Å². The van der Waals surface area contributed by atoms with Gasteiger partial charge in [0.05, 0.1) is 4.91 Å². The van der Waals surface area contributed by atoms with Gasteiger partial charge in [0, 0.05) is 0 Å². The molecule has 1 heterocycles. The van der Waals surface area contributed by atoms with Gasteiger partial charge in [0.25, 0.3) is 11.1 Å². The van der Waals surface area contributed by atoms with E-state index in [9.17, 15) is 9.59 Å². The average molecular weight is 247 g/mol. The lowest BCUT2D eigenvalue weighted by molar-refractivity contribution is -0.115. The molecule has 0 radical (unpaired) electrons. The summed E-state index contributed by atoms with van der Waals surface area (Å²) in [4.78, 5) is 22.9. The maximum Gasteiger partial charge on any atom is 0.290 e. The Labute approximate surface area is 104 Å². The zero-order valence-corrected chi connectivity index (χ0v) is 10.8. The highest BCUT2D eigenvalue weighted by Gasteiger charge is 2.25. The Morgan fingerprint density at radius 3 is 2.29 bits per heavy atom. The van der Waals surface area contributed by atoms with Crippen LogP contribution in [0, 0.1) is 20.8 Å². The van der Waals surface area contributed by atoms with Gasteiger partial charge in [0.2, 0.25) is 0 Å². The number of benzene rings is 1. The number of thioether (sulfide) groups is 1. The molecule has 3 nitrogen and oxygen atoms in total. The van der Waals surface area contributed by atoms with E-state index in [0.29, 0.717) is 4.91 Å². The summed E-state index contributed by atoms with van der Waals surface area (Å²) in [5.41, 5.74) is 4.50. The van der Waals surface area contributed by atoms with Gasteiger partial charge in [-0.05, 0) is 60.9 Å². The summed E-state index contributed by atoms with van der Waals surface area (Å²) in [6.07, 6.45) is 1.77. The lowest BCUT2D eigenvalue weighted by Crippen LogP contribution is -2.17. The molecule has 1 N–H and O–H groups in total. The Hall–Kier alpha value is -1.55. The molecule has 1 saturated heterocycles. The molecule has 0 bridgehead atoms. The third-order valence-electron chi connectivity index (χ3n) is 2.81. The van der Waals surface area contributed by atoms with E-state index in [1.54, 1.807) is 6.08 Å². The second-order valence-corrected chi connectivity index (χ2v) is 5.16. The van der Waals surface area contributed by atoms with Crippen LogP contribution >= 0.6 is 11.8 Å². The summed E-state index contributed by atoms with van der Waals surface area (Å²) in [5.74, 6) is -0.308. The molecular formula is C13H13NO2S. The van der Waals surface area contributed by atoms with Crippen molar-refractivity contribution >= 4 is 29.0 Å². The van der Waals surface area contributed by atoms with Crippen LogP contribution < -0.4 is 5.32 Å². The number of imide groups is 1. The predicted octanol–water partition coefficient (Wildman–Crippen LogP) is 2.94. The summed E-state index contributed by atoms with van der Waals surface area (Å²) >= 11 is 0.949. The van der Waals surface area contributed by atoms with E-state index in [0.717, 1.165) is 22.9 Å². The monoisotopic (exact) mass is 247 g/mol. The van der Waals surface area contributed by atoms with E-state index in [1.165, 1.54) is 11.1 Å². The highest BCUT2D eigenvalue weighted by Crippen LogP contribution is 2.27. The molecule has 0 saturated carbocycles. The first-order valence-corrected chi connectivity index (χ1v) is 6.12. The number of hydrogen-bond donors (Lipinski definition) is 1. The fourth-order valence-corrected chi connectivity index (χ4v) is 2.37. The number of hydrogen-bond acceptors (Lipinski definition) is 3. The third kappa shape index (κ3) is 2.42. The van der Waals surface area contributed by atoms with E-state index >= 15 is 0 Å². The fourth-order valence-electron chi connectivity index (χ4n) is 1.70. The molecular weight excluding hydrogens is 234 g/mol. The van der Waals surface area contributed by atoms with Gasteiger partial charge in [-0.15, -0.1) is 0 Å². The van der Waals surface area contributed by atoms with Gasteiger partial charge in [0.1, 0.15) is 0 Å².